The molecule has 144 valence electrons. The number of hydrogen-bond acceptors (Lipinski definition) is 6. The SMILES string of the molecule is C[C@@H](Sc1nnc(NC2CCCCC2)s1)C(=O)N1CCc2ccccc2C1. The number of nitrogens with one attached hydrogen (secondary N) is 1. The van der Waals surface area contributed by atoms with Crippen molar-refractivity contribution in [3.05, 3.63) is 35.4 Å². The van der Waals surface area contributed by atoms with E-state index < -0.39 is 0 Å². The largest absolute Gasteiger partial charge is 0.357 e. The van der Waals surface area contributed by atoms with Gasteiger partial charge in [-0.2, -0.15) is 0 Å². The van der Waals surface area contributed by atoms with E-state index in [0.29, 0.717) is 12.6 Å². The zero-order valence-electron chi connectivity index (χ0n) is 15.7. The molecule has 1 amide bonds. The lowest BCUT2D eigenvalue weighted by Crippen LogP contribution is -2.40. The summed E-state index contributed by atoms with van der Waals surface area (Å²) >= 11 is 3.09. The van der Waals surface area contributed by atoms with Crippen LogP contribution in [0.15, 0.2) is 28.6 Å². The molecule has 4 rings (SSSR count). The Morgan fingerprint density at radius 3 is 2.81 bits per heavy atom. The number of aromatic nitrogens is 2. The predicted octanol–water partition coefficient (Wildman–Crippen LogP) is 4.35. The summed E-state index contributed by atoms with van der Waals surface area (Å²) in [6.07, 6.45) is 7.30. The maximum atomic E-state index is 12.9. The number of thioether (sulfide) groups is 1. The van der Waals surface area contributed by atoms with Gasteiger partial charge in [0.05, 0.1) is 5.25 Å². The number of nitrogens with zero attached hydrogens (tertiary/aromatic N) is 3. The Kier molecular flexibility index (Phi) is 5.98. The quantitative estimate of drug-likeness (QED) is 0.754. The van der Waals surface area contributed by atoms with E-state index in [1.165, 1.54) is 55.0 Å². The standard InChI is InChI=1S/C20H26N4OS2/c1-14(18(25)24-12-11-15-7-5-6-8-16(15)13-24)26-20-23-22-19(27-20)21-17-9-3-2-4-10-17/h5-8,14,17H,2-4,9-13H2,1H3,(H,21,22)/t14-/m1/s1. The molecule has 0 unspecified atom stereocenters. The summed E-state index contributed by atoms with van der Waals surface area (Å²) < 4.78 is 0.867. The minimum Gasteiger partial charge on any atom is -0.357 e. The summed E-state index contributed by atoms with van der Waals surface area (Å²) in [5, 5.41) is 12.8. The van der Waals surface area contributed by atoms with Crippen molar-refractivity contribution in [3.8, 4) is 0 Å². The minimum absolute atomic E-state index is 0.147. The number of benzene rings is 1. The maximum Gasteiger partial charge on any atom is 0.236 e. The molecule has 2 aromatic rings. The highest BCUT2D eigenvalue weighted by atomic mass is 32.2. The van der Waals surface area contributed by atoms with Crippen LogP contribution in [-0.4, -0.2) is 38.8 Å². The van der Waals surface area contributed by atoms with Crippen LogP contribution in [0.4, 0.5) is 5.13 Å². The van der Waals surface area contributed by atoms with Crippen LogP contribution in [-0.2, 0) is 17.8 Å². The summed E-state index contributed by atoms with van der Waals surface area (Å²) in [7, 11) is 0. The third-order valence-corrected chi connectivity index (χ3v) is 7.43. The van der Waals surface area contributed by atoms with E-state index in [0.717, 1.165) is 22.4 Å². The van der Waals surface area contributed by atoms with Crippen molar-refractivity contribution in [2.75, 3.05) is 11.9 Å². The second-order valence-electron chi connectivity index (χ2n) is 7.39. The van der Waals surface area contributed by atoms with Crippen LogP contribution in [0.1, 0.15) is 50.2 Å². The molecule has 7 heteroatoms. The summed E-state index contributed by atoms with van der Waals surface area (Å²) in [6.45, 7) is 3.49. The molecule has 1 fully saturated rings. The molecule has 0 spiro atoms. The third kappa shape index (κ3) is 4.63. The zero-order valence-corrected chi connectivity index (χ0v) is 17.3. The Labute approximate surface area is 168 Å². The molecule has 1 aliphatic heterocycles. The first kappa shape index (κ1) is 18.7. The molecule has 0 saturated heterocycles. The summed E-state index contributed by atoms with van der Waals surface area (Å²) in [5.74, 6) is 0.187. The summed E-state index contributed by atoms with van der Waals surface area (Å²) in [6, 6.07) is 8.94. The van der Waals surface area contributed by atoms with Gasteiger partial charge in [0.25, 0.3) is 0 Å². The van der Waals surface area contributed by atoms with Gasteiger partial charge in [-0.05, 0) is 37.3 Å². The Hall–Kier alpha value is -1.60. The molecule has 1 N–H and O–H groups in total. The molecule has 1 atom stereocenters. The first-order valence-electron chi connectivity index (χ1n) is 9.81. The lowest BCUT2D eigenvalue weighted by Gasteiger charge is -2.30. The lowest BCUT2D eigenvalue weighted by atomic mass is 9.96. The molecular formula is C20H26N4OS2. The molecular weight excluding hydrogens is 376 g/mol. The van der Waals surface area contributed by atoms with E-state index in [9.17, 15) is 4.79 Å². The van der Waals surface area contributed by atoms with Gasteiger partial charge >= 0.3 is 0 Å². The number of hydrogen-bond donors (Lipinski definition) is 1. The normalized spacial score (nSPS) is 18.8. The number of anilines is 1. The van der Waals surface area contributed by atoms with E-state index in [1.54, 1.807) is 11.3 Å². The van der Waals surface area contributed by atoms with Crippen molar-refractivity contribution in [2.45, 2.75) is 67.6 Å². The van der Waals surface area contributed by atoms with Gasteiger partial charge in [-0.1, -0.05) is 66.6 Å². The second kappa shape index (κ2) is 8.61. The van der Waals surface area contributed by atoms with Crippen LogP contribution in [0, 0.1) is 0 Å². The van der Waals surface area contributed by atoms with E-state index >= 15 is 0 Å². The van der Waals surface area contributed by atoms with Gasteiger partial charge in [0.15, 0.2) is 4.34 Å². The molecule has 1 aromatic carbocycles. The van der Waals surface area contributed by atoms with Gasteiger partial charge in [0.1, 0.15) is 0 Å². The van der Waals surface area contributed by atoms with Crippen LogP contribution in [0.3, 0.4) is 0 Å². The fraction of sp³-hybridized carbons (Fsp3) is 0.550. The van der Waals surface area contributed by atoms with Crippen LogP contribution >= 0.6 is 23.1 Å². The molecule has 27 heavy (non-hydrogen) atoms. The number of fused-ring (bicyclic) bond motifs is 1. The van der Waals surface area contributed by atoms with Crippen molar-refractivity contribution < 1.29 is 4.79 Å². The van der Waals surface area contributed by atoms with E-state index in [1.807, 2.05) is 17.9 Å². The van der Waals surface area contributed by atoms with Crippen LogP contribution in [0.5, 0.6) is 0 Å². The highest BCUT2D eigenvalue weighted by Crippen LogP contribution is 2.32. The molecule has 1 aliphatic carbocycles. The molecule has 2 heterocycles. The van der Waals surface area contributed by atoms with Gasteiger partial charge in [0.2, 0.25) is 11.0 Å². The van der Waals surface area contributed by atoms with Crippen LogP contribution in [0.25, 0.3) is 0 Å². The van der Waals surface area contributed by atoms with Crippen molar-refractivity contribution >= 4 is 34.1 Å². The smallest absolute Gasteiger partial charge is 0.236 e. The van der Waals surface area contributed by atoms with Crippen molar-refractivity contribution in [1.29, 1.82) is 0 Å². The van der Waals surface area contributed by atoms with Crippen LogP contribution < -0.4 is 5.32 Å². The molecule has 0 bridgehead atoms. The Bertz CT molecular complexity index is 788. The topological polar surface area (TPSA) is 58.1 Å². The van der Waals surface area contributed by atoms with Crippen molar-refractivity contribution in [3.63, 3.8) is 0 Å². The highest BCUT2D eigenvalue weighted by molar-refractivity contribution is 8.02. The molecule has 1 saturated carbocycles. The van der Waals surface area contributed by atoms with Crippen molar-refractivity contribution in [1.82, 2.24) is 15.1 Å². The average Bonchev–Trinajstić information content (AvgIpc) is 3.14. The average molecular weight is 403 g/mol. The highest BCUT2D eigenvalue weighted by Gasteiger charge is 2.26. The first-order valence-corrected chi connectivity index (χ1v) is 11.5. The summed E-state index contributed by atoms with van der Waals surface area (Å²) in [5.41, 5.74) is 2.63. The van der Waals surface area contributed by atoms with Crippen LogP contribution in [0.2, 0.25) is 0 Å². The predicted molar refractivity (Wildman–Crippen MR) is 111 cm³/mol. The monoisotopic (exact) mass is 402 g/mol. The van der Waals surface area contributed by atoms with Gasteiger partial charge < -0.3 is 10.2 Å². The number of carbonyl (C=O) groups is 1. The lowest BCUT2D eigenvalue weighted by molar-refractivity contribution is -0.131. The Morgan fingerprint density at radius 2 is 2.00 bits per heavy atom. The van der Waals surface area contributed by atoms with E-state index in [4.69, 9.17) is 0 Å². The Balaban J connectivity index is 1.32. The van der Waals surface area contributed by atoms with Gasteiger partial charge in [-0.15, -0.1) is 10.2 Å². The third-order valence-electron chi connectivity index (χ3n) is 5.41. The van der Waals surface area contributed by atoms with E-state index in [2.05, 4.69) is 33.7 Å². The zero-order chi connectivity index (χ0) is 18.6. The minimum atomic E-state index is -0.147. The summed E-state index contributed by atoms with van der Waals surface area (Å²) in [4.78, 5) is 14.9. The van der Waals surface area contributed by atoms with Gasteiger partial charge in [-0.25, -0.2) is 0 Å². The number of amides is 1. The second-order valence-corrected chi connectivity index (χ2v) is 9.96. The van der Waals surface area contributed by atoms with Gasteiger partial charge in [-0.3, -0.25) is 4.79 Å². The molecule has 2 aliphatic rings. The van der Waals surface area contributed by atoms with Gasteiger partial charge in [0, 0.05) is 19.1 Å². The maximum absolute atomic E-state index is 12.9. The Morgan fingerprint density at radius 1 is 1.22 bits per heavy atom. The number of rotatable bonds is 5. The van der Waals surface area contributed by atoms with E-state index in [-0.39, 0.29) is 11.2 Å². The molecule has 1 aromatic heterocycles. The number of carbonyl (C=O) groups excluding carboxylic acids is 1. The van der Waals surface area contributed by atoms with Crippen molar-refractivity contribution in [2.24, 2.45) is 0 Å². The fourth-order valence-corrected chi connectivity index (χ4v) is 5.94. The fourth-order valence-electron chi connectivity index (χ4n) is 3.88. The molecule has 0 radical (unpaired) electrons. The first-order chi connectivity index (χ1) is 13.2. The molecule has 5 nitrogen and oxygen atoms in total.